The molecule has 0 fully saturated rings. The number of nitrogens with one attached hydrogen (secondary N) is 1. The van der Waals surface area contributed by atoms with Gasteiger partial charge in [-0.3, -0.25) is 14.4 Å². The third-order valence-electron chi connectivity index (χ3n) is 2.78. The largest absolute Gasteiger partial charge is 0.353 e. The highest BCUT2D eigenvalue weighted by atomic mass is 16.2. The first-order valence-electron chi connectivity index (χ1n) is 6.51. The number of nitrogens with two attached hydrogens (primary N) is 1. The molecule has 0 saturated heterocycles. The molecule has 0 saturated carbocycles. The van der Waals surface area contributed by atoms with Crippen molar-refractivity contribution in [2.75, 3.05) is 20.1 Å². The molecular weight excluding hydrogens is 262 g/mol. The molecule has 0 aliphatic rings. The average molecular weight is 285 g/mol. The molecule has 7 nitrogen and oxygen atoms in total. The van der Waals surface area contributed by atoms with Crippen LogP contribution in [-0.4, -0.2) is 54.5 Å². The van der Waals surface area contributed by atoms with Gasteiger partial charge in [0.15, 0.2) is 0 Å². The number of nitrogens with zero attached hydrogens (tertiary/aromatic N) is 1. The summed E-state index contributed by atoms with van der Waals surface area (Å²) in [7, 11) is 1.46. The molecule has 1 unspecified atom stereocenters. The summed E-state index contributed by atoms with van der Waals surface area (Å²) < 4.78 is 0. The zero-order valence-electron chi connectivity index (χ0n) is 12.3. The van der Waals surface area contributed by atoms with Crippen LogP contribution in [0.1, 0.15) is 33.1 Å². The lowest BCUT2D eigenvalue weighted by molar-refractivity contribution is -0.141. The van der Waals surface area contributed by atoms with Crippen LogP contribution in [0.5, 0.6) is 0 Å². The minimum absolute atomic E-state index is 0.0321. The Morgan fingerprint density at radius 1 is 1.10 bits per heavy atom. The second-order valence-electron chi connectivity index (χ2n) is 4.71. The van der Waals surface area contributed by atoms with Crippen LogP contribution in [0.2, 0.25) is 0 Å². The van der Waals surface area contributed by atoms with E-state index >= 15 is 0 Å². The van der Waals surface area contributed by atoms with Gasteiger partial charge < -0.3 is 20.7 Å². The predicted octanol–water partition coefficient (Wildman–Crippen LogP) is -0.763. The van der Waals surface area contributed by atoms with Crippen LogP contribution in [0.15, 0.2) is 0 Å². The molecule has 0 aromatic carbocycles. The lowest BCUT2D eigenvalue weighted by Gasteiger charge is -2.26. The van der Waals surface area contributed by atoms with Gasteiger partial charge >= 0.3 is 0 Å². The molecule has 0 rings (SSSR count). The van der Waals surface area contributed by atoms with Gasteiger partial charge in [-0.1, -0.05) is 0 Å². The van der Waals surface area contributed by atoms with E-state index in [2.05, 4.69) is 5.32 Å². The highest BCUT2D eigenvalue weighted by Gasteiger charge is 2.27. The average Bonchev–Trinajstić information content (AvgIpc) is 2.38. The molecule has 0 aromatic heterocycles. The Kier molecular flexibility index (Phi) is 8.38. The fourth-order valence-corrected chi connectivity index (χ4v) is 1.62. The molecule has 0 aliphatic heterocycles. The van der Waals surface area contributed by atoms with Crippen molar-refractivity contribution in [3.8, 4) is 0 Å². The van der Waals surface area contributed by atoms with E-state index in [1.807, 2.05) is 0 Å². The molecule has 3 N–H and O–H groups in total. The van der Waals surface area contributed by atoms with Crippen molar-refractivity contribution in [1.82, 2.24) is 10.2 Å². The van der Waals surface area contributed by atoms with Gasteiger partial charge in [-0.25, -0.2) is 0 Å². The van der Waals surface area contributed by atoms with Gasteiger partial charge in [0.25, 0.3) is 0 Å². The molecular formula is C13H23N3O4. The number of ketones is 2. The molecule has 20 heavy (non-hydrogen) atoms. The van der Waals surface area contributed by atoms with Crippen molar-refractivity contribution in [2.45, 2.75) is 39.2 Å². The maximum atomic E-state index is 11.9. The third kappa shape index (κ3) is 6.98. The lowest BCUT2D eigenvalue weighted by Crippen LogP contribution is -2.49. The van der Waals surface area contributed by atoms with Crippen LogP contribution in [0.25, 0.3) is 0 Å². The summed E-state index contributed by atoms with van der Waals surface area (Å²) in [6.07, 6.45) is 0.101. The minimum Gasteiger partial charge on any atom is -0.353 e. The molecule has 1 atom stereocenters. The zero-order valence-corrected chi connectivity index (χ0v) is 12.3. The number of carbonyl (C=O) groups is 4. The van der Waals surface area contributed by atoms with E-state index in [0.717, 1.165) is 0 Å². The number of rotatable bonds is 9. The van der Waals surface area contributed by atoms with Crippen LogP contribution in [0, 0.1) is 0 Å². The number of amides is 2. The second kappa shape index (κ2) is 9.19. The van der Waals surface area contributed by atoms with Crippen molar-refractivity contribution < 1.29 is 19.2 Å². The number of hydrogen-bond acceptors (Lipinski definition) is 5. The number of carbonyl (C=O) groups excluding carboxylic acids is 4. The Morgan fingerprint density at radius 2 is 1.70 bits per heavy atom. The van der Waals surface area contributed by atoms with Crippen molar-refractivity contribution in [1.29, 1.82) is 0 Å². The van der Waals surface area contributed by atoms with Crippen LogP contribution in [0.3, 0.4) is 0 Å². The van der Waals surface area contributed by atoms with E-state index in [-0.39, 0.29) is 49.8 Å². The van der Waals surface area contributed by atoms with Crippen molar-refractivity contribution >= 4 is 23.4 Å². The van der Waals surface area contributed by atoms with Gasteiger partial charge in [-0.05, 0) is 13.8 Å². The Hall–Kier alpha value is -1.76. The fourth-order valence-electron chi connectivity index (χ4n) is 1.62. The van der Waals surface area contributed by atoms with Gasteiger partial charge in [0.2, 0.25) is 11.8 Å². The van der Waals surface area contributed by atoms with E-state index in [0.29, 0.717) is 0 Å². The third-order valence-corrected chi connectivity index (χ3v) is 2.78. The van der Waals surface area contributed by atoms with E-state index in [1.54, 1.807) is 0 Å². The first kappa shape index (κ1) is 18.2. The molecule has 0 bridgehead atoms. The van der Waals surface area contributed by atoms with E-state index in [4.69, 9.17) is 5.73 Å². The lowest BCUT2D eigenvalue weighted by atomic mass is 10.1. The molecule has 7 heteroatoms. The molecule has 0 aromatic rings. The van der Waals surface area contributed by atoms with Crippen molar-refractivity contribution in [3.05, 3.63) is 0 Å². The predicted molar refractivity (Wildman–Crippen MR) is 73.8 cm³/mol. The van der Waals surface area contributed by atoms with Crippen LogP contribution in [0.4, 0.5) is 0 Å². The first-order valence-corrected chi connectivity index (χ1v) is 6.51. The maximum absolute atomic E-state index is 11.9. The molecule has 114 valence electrons. The first-order chi connectivity index (χ1) is 9.29. The Bertz CT molecular complexity index is 382. The summed E-state index contributed by atoms with van der Waals surface area (Å²) in [4.78, 5) is 47.2. The molecule has 0 heterocycles. The van der Waals surface area contributed by atoms with E-state index in [1.165, 1.54) is 25.8 Å². The highest BCUT2D eigenvalue weighted by molar-refractivity contribution is 5.92. The van der Waals surface area contributed by atoms with Crippen molar-refractivity contribution in [2.24, 2.45) is 5.73 Å². The van der Waals surface area contributed by atoms with Crippen molar-refractivity contribution in [3.63, 3.8) is 0 Å². The quantitative estimate of drug-likeness (QED) is 0.578. The minimum atomic E-state index is -0.862. The Morgan fingerprint density at radius 3 is 2.15 bits per heavy atom. The number of hydrogen-bond donors (Lipinski definition) is 2. The number of Topliss-reactive ketones (excluding diaryl/α,β-unsaturated/α-hetero) is 2. The monoisotopic (exact) mass is 285 g/mol. The van der Waals surface area contributed by atoms with Gasteiger partial charge in [0.1, 0.15) is 17.6 Å². The fraction of sp³-hybridized carbons (Fsp3) is 0.692. The zero-order chi connectivity index (χ0) is 15.7. The summed E-state index contributed by atoms with van der Waals surface area (Å²) in [5.41, 5.74) is 5.30. The molecule has 0 aliphatic carbocycles. The molecule has 0 spiro atoms. The smallest absolute Gasteiger partial charge is 0.243 e. The summed E-state index contributed by atoms with van der Waals surface area (Å²) in [5, 5.41) is 2.56. The standard InChI is InChI=1S/C13H23N3O4/c1-9(17)4-5-12(19)16(3)11(8-10(2)18)13(20)15-7-6-14/h11H,4-8,14H2,1-3H3,(H,15,20). The summed E-state index contributed by atoms with van der Waals surface area (Å²) >= 11 is 0. The maximum Gasteiger partial charge on any atom is 0.243 e. The number of likely N-dealkylation sites (N-methyl/N-ethyl adjacent to an activating group) is 1. The summed E-state index contributed by atoms with van der Waals surface area (Å²) in [6, 6.07) is -0.862. The summed E-state index contributed by atoms with van der Waals surface area (Å²) in [5.74, 6) is -1.04. The van der Waals surface area contributed by atoms with E-state index in [9.17, 15) is 19.2 Å². The van der Waals surface area contributed by atoms with Gasteiger partial charge in [0, 0.05) is 39.4 Å². The van der Waals surface area contributed by atoms with E-state index < -0.39 is 11.9 Å². The topological polar surface area (TPSA) is 110 Å². The Balaban J connectivity index is 4.74. The van der Waals surface area contributed by atoms with Gasteiger partial charge in [-0.2, -0.15) is 0 Å². The van der Waals surface area contributed by atoms with Crippen LogP contribution in [-0.2, 0) is 19.2 Å². The SMILES string of the molecule is CC(=O)CCC(=O)N(C)C(CC(C)=O)C(=O)NCCN. The van der Waals surface area contributed by atoms with Gasteiger partial charge in [0.05, 0.1) is 0 Å². The molecule has 2 amide bonds. The van der Waals surface area contributed by atoms with Crippen LogP contribution < -0.4 is 11.1 Å². The Labute approximate surface area is 118 Å². The van der Waals surface area contributed by atoms with Crippen LogP contribution >= 0.6 is 0 Å². The van der Waals surface area contributed by atoms with Gasteiger partial charge in [-0.15, -0.1) is 0 Å². The molecule has 0 radical (unpaired) electrons. The highest BCUT2D eigenvalue weighted by Crippen LogP contribution is 2.07. The summed E-state index contributed by atoms with van der Waals surface area (Å²) in [6.45, 7) is 3.31. The second-order valence-corrected chi connectivity index (χ2v) is 4.71. The normalized spacial score (nSPS) is 11.6.